The molecule has 2 rings (SSSR count). The first kappa shape index (κ1) is 13.1. The third-order valence-electron chi connectivity index (χ3n) is 3.10. The quantitative estimate of drug-likeness (QED) is 0.464. The number of ether oxygens (including phenoxy) is 1. The number of hydrogen-bond donors (Lipinski definition) is 2. The molecular weight excluding hydrogens is 234 g/mol. The van der Waals surface area contributed by atoms with Gasteiger partial charge in [0.2, 0.25) is 0 Å². The second-order valence-electron chi connectivity index (χ2n) is 4.41. The first-order chi connectivity index (χ1) is 8.72. The van der Waals surface area contributed by atoms with Gasteiger partial charge in [-0.15, -0.1) is 0 Å². The first-order valence-corrected chi connectivity index (χ1v) is 6.15. The molecular formula is C12H19N3O3. The average molecular weight is 253 g/mol. The van der Waals surface area contributed by atoms with Gasteiger partial charge >= 0.3 is 0 Å². The molecule has 1 aliphatic rings. The molecule has 1 unspecified atom stereocenters. The molecule has 6 nitrogen and oxygen atoms in total. The molecule has 1 atom stereocenters. The molecule has 100 valence electrons. The molecule has 1 fully saturated rings. The minimum atomic E-state index is -0.335. The molecule has 0 radical (unpaired) electrons. The van der Waals surface area contributed by atoms with E-state index in [0.717, 1.165) is 31.9 Å². The predicted octanol–water partition coefficient (Wildman–Crippen LogP) is 0.494. The summed E-state index contributed by atoms with van der Waals surface area (Å²) in [5, 5.41) is 0. The largest absolute Gasteiger partial charge is 0.467 e. The standard InChI is InChI=1S/C12H19N3O3/c1-2-10-6-15(3-4-17-10)7-11-5-9(8-18-11)12(16)14-13/h5,8,10H,2-4,6-7,13H2,1H3,(H,14,16). The van der Waals surface area contributed by atoms with Crippen LogP contribution in [0.15, 0.2) is 16.7 Å². The smallest absolute Gasteiger partial charge is 0.268 e. The average Bonchev–Trinajstić information content (AvgIpc) is 2.86. The van der Waals surface area contributed by atoms with Gasteiger partial charge in [0, 0.05) is 13.1 Å². The Kier molecular flexibility index (Phi) is 4.35. The Hall–Kier alpha value is -1.37. The highest BCUT2D eigenvalue weighted by molar-refractivity contribution is 5.93. The molecule has 6 heteroatoms. The maximum atomic E-state index is 11.3. The van der Waals surface area contributed by atoms with Gasteiger partial charge < -0.3 is 9.15 Å². The van der Waals surface area contributed by atoms with Crippen LogP contribution in [-0.2, 0) is 11.3 Å². The highest BCUT2D eigenvalue weighted by atomic mass is 16.5. The van der Waals surface area contributed by atoms with Crippen molar-refractivity contribution in [3.8, 4) is 0 Å². The molecule has 2 heterocycles. The zero-order valence-electron chi connectivity index (χ0n) is 10.5. The van der Waals surface area contributed by atoms with Gasteiger partial charge in [-0.1, -0.05) is 6.92 Å². The van der Waals surface area contributed by atoms with Gasteiger partial charge in [0.25, 0.3) is 5.91 Å². The second kappa shape index (κ2) is 5.99. The van der Waals surface area contributed by atoms with Gasteiger partial charge in [0.05, 0.1) is 24.8 Å². The van der Waals surface area contributed by atoms with Crippen LogP contribution in [0.2, 0.25) is 0 Å². The molecule has 1 amide bonds. The highest BCUT2D eigenvalue weighted by Gasteiger charge is 2.20. The van der Waals surface area contributed by atoms with Gasteiger partial charge in [-0.25, -0.2) is 5.84 Å². The summed E-state index contributed by atoms with van der Waals surface area (Å²) in [4.78, 5) is 13.6. The molecule has 0 saturated carbocycles. The monoisotopic (exact) mass is 253 g/mol. The van der Waals surface area contributed by atoms with Crippen LogP contribution >= 0.6 is 0 Å². The molecule has 0 aliphatic carbocycles. The maximum Gasteiger partial charge on any atom is 0.268 e. The number of furan rings is 1. The lowest BCUT2D eigenvalue weighted by Gasteiger charge is -2.31. The van der Waals surface area contributed by atoms with Crippen molar-refractivity contribution in [2.75, 3.05) is 19.7 Å². The van der Waals surface area contributed by atoms with E-state index in [1.165, 1.54) is 6.26 Å². The topological polar surface area (TPSA) is 80.7 Å². The molecule has 1 saturated heterocycles. The van der Waals surface area contributed by atoms with Gasteiger partial charge in [-0.2, -0.15) is 0 Å². The Morgan fingerprint density at radius 3 is 3.22 bits per heavy atom. The number of hydrazine groups is 1. The fourth-order valence-corrected chi connectivity index (χ4v) is 2.06. The number of carbonyl (C=O) groups is 1. The fraction of sp³-hybridized carbons (Fsp3) is 0.583. The van der Waals surface area contributed by atoms with Gasteiger partial charge in [0.1, 0.15) is 12.0 Å². The van der Waals surface area contributed by atoms with E-state index in [-0.39, 0.29) is 5.91 Å². The molecule has 1 aliphatic heterocycles. The Bertz CT molecular complexity index is 405. The SMILES string of the molecule is CCC1CN(Cc2cc(C(=O)NN)co2)CCO1. The number of morpholine rings is 1. The Morgan fingerprint density at radius 1 is 1.67 bits per heavy atom. The number of nitrogen functional groups attached to an aromatic ring is 1. The number of rotatable bonds is 4. The summed E-state index contributed by atoms with van der Waals surface area (Å²) in [5.74, 6) is 5.50. The van der Waals surface area contributed by atoms with Crippen LogP contribution in [0.4, 0.5) is 0 Å². The van der Waals surface area contributed by atoms with Gasteiger partial charge in [-0.05, 0) is 12.5 Å². The third kappa shape index (κ3) is 3.10. The Morgan fingerprint density at radius 2 is 2.50 bits per heavy atom. The van der Waals surface area contributed by atoms with Crippen molar-refractivity contribution in [3.63, 3.8) is 0 Å². The number of hydrogen-bond acceptors (Lipinski definition) is 5. The van der Waals surface area contributed by atoms with Crippen LogP contribution in [0.1, 0.15) is 29.5 Å². The minimum absolute atomic E-state index is 0.292. The lowest BCUT2D eigenvalue weighted by Crippen LogP contribution is -2.41. The molecule has 3 N–H and O–H groups in total. The van der Waals surface area contributed by atoms with Crippen LogP contribution in [0, 0.1) is 0 Å². The molecule has 18 heavy (non-hydrogen) atoms. The van der Waals surface area contributed by atoms with E-state index < -0.39 is 0 Å². The maximum absolute atomic E-state index is 11.3. The van der Waals surface area contributed by atoms with E-state index in [0.29, 0.717) is 18.2 Å². The summed E-state index contributed by atoms with van der Waals surface area (Å²) < 4.78 is 11.0. The molecule has 0 spiro atoms. The third-order valence-corrected chi connectivity index (χ3v) is 3.10. The lowest BCUT2D eigenvalue weighted by atomic mass is 10.2. The van der Waals surface area contributed by atoms with Gasteiger partial charge in [-0.3, -0.25) is 15.1 Å². The van der Waals surface area contributed by atoms with E-state index >= 15 is 0 Å². The number of amides is 1. The summed E-state index contributed by atoms with van der Waals surface area (Å²) in [6, 6.07) is 1.72. The molecule has 1 aromatic heterocycles. The van der Waals surface area contributed by atoms with Crippen LogP contribution < -0.4 is 11.3 Å². The van der Waals surface area contributed by atoms with Crippen molar-refractivity contribution in [3.05, 3.63) is 23.7 Å². The van der Waals surface area contributed by atoms with E-state index in [1.807, 2.05) is 0 Å². The van der Waals surface area contributed by atoms with E-state index in [9.17, 15) is 4.79 Å². The molecule has 0 aromatic carbocycles. The van der Waals surface area contributed by atoms with Crippen molar-refractivity contribution < 1.29 is 13.9 Å². The zero-order valence-corrected chi connectivity index (χ0v) is 10.5. The van der Waals surface area contributed by atoms with Gasteiger partial charge in [0.15, 0.2) is 0 Å². The summed E-state index contributed by atoms with van der Waals surface area (Å²) in [6.07, 6.45) is 2.73. The van der Waals surface area contributed by atoms with E-state index in [2.05, 4.69) is 17.2 Å². The lowest BCUT2D eigenvalue weighted by molar-refractivity contribution is -0.0341. The summed E-state index contributed by atoms with van der Waals surface area (Å²) in [7, 11) is 0. The number of nitrogens with zero attached hydrogens (tertiary/aromatic N) is 1. The predicted molar refractivity (Wildman–Crippen MR) is 65.7 cm³/mol. The van der Waals surface area contributed by atoms with Crippen molar-refractivity contribution in [2.45, 2.75) is 26.0 Å². The molecule has 1 aromatic rings. The summed E-state index contributed by atoms with van der Waals surface area (Å²) >= 11 is 0. The summed E-state index contributed by atoms with van der Waals surface area (Å²) in [6.45, 7) is 5.34. The summed E-state index contributed by atoms with van der Waals surface area (Å²) in [5.41, 5.74) is 2.53. The van der Waals surface area contributed by atoms with E-state index in [1.54, 1.807) is 6.07 Å². The number of nitrogens with two attached hydrogens (primary N) is 1. The molecule has 0 bridgehead atoms. The number of nitrogens with one attached hydrogen (secondary N) is 1. The minimum Gasteiger partial charge on any atom is -0.467 e. The Balaban J connectivity index is 1.92. The van der Waals surface area contributed by atoms with Crippen LogP contribution in [0.25, 0.3) is 0 Å². The van der Waals surface area contributed by atoms with Crippen LogP contribution in [0.5, 0.6) is 0 Å². The number of carbonyl (C=O) groups excluding carboxylic acids is 1. The second-order valence-corrected chi connectivity index (χ2v) is 4.41. The van der Waals surface area contributed by atoms with Crippen molar-refractivity contribution in [1.82, 2.24) is 10.3 Å². The first-order valence-electron chi connectivity index (χ1n) is 6.15. The fourth-order valence-electron chi connectivity index (χ4n) is 2.06. The normalized spacial score (nSPS) is 20.9. The van der Waals surface area contributed by atoms with Crippen LogP contribution in [-0.4, -0.2) is 36.6 Å². The highest BCUT2D eigenvalue weighted by Crippen LogP contribution is 2.14. The van der Waals surface area contributed by atoms with Crippen molar-refractivity contribution in [1.29, 1.82) is 0 Å². The van der Waals surface area contributed by atoms with Crippen LogP contribution in [0.3, 0.4) is 0 Å². The Labute approximate surface area is 106 Å². The van der Waals surface area contributed by atoms with Crippen molar-refractivity contribution >= 4 is 5.91 Å². The zero-order chi connectivity index (χ0) is 13.0. The van der Waals surface area contributed by atoms with E-state index in [4.69, 9.17) is 15.0 Å². The van der Waals surface area contributed by atoms with Crippen molar-refractivity contribution in [2.24, 2.45) is 5.84 Å².